The molecule has 0 amide bonds. The molecule has 4 heteroatoms. The lowest BCUT2D eigenvalue weighted by molar-refractivity contribution is -0.921. The summed E-state index contributed by atoms with van der Waals surface area (Å²) in [6, 6.07) is 5.84. The largest absolute Gasteiger partial charge is 0.494 e. The molecule has 104 valence electrons. The lowest BCUT2D eigenvalue weighted by Gasteiger charge is -2.24. The molecule has 1 saturated heterocycles. The van der Waals surface area contributed by atoms with Crippen LogP contribution in [0.4, 0.5) is 0 Å². The van der Waals surface area contributed by atoms with Crippen LogP contribution in [0.3, 0.4) is 0 Å². The van der Waals surface area contributed by atoms with Crippen molar-refractivity contribution in [1.29, 1.82) is 0 Å². The SMILES string of the molecule is CCOc1cc(C[NH+]2CCOCC2)cc(C(C)=O)c1. The number of rotatable bonds is 5. The Morgan fingerprint density at radius 3 is 2.68 bits per heavy atom. The highest BCUT2D eigenvalue weighted by Gasteiger charge is 2.15. The number of carbonyl (C=O) groups excluding carboxylic acids is 1. The molecule has 1 aliphatic rings. The molecule has 1 aliphatic heterocycles. The van der Waals surface area contributed by atoms with Gasteiger partial charge in [-0.25, -0.2) is 0 Å². The van der Waals surface area contributed by atoms with Crippen molar-refractivity contribution < 1.29 is 19.2 Å². The van der Waals surface area contributed by atoms with E-state index in [4.69, 9.17) is 9.47 Å². The Labute approximate surface area is 114 Å². The average molecular weight is 264 g/mol. The van der Waals surface area contributed by atoms with E-state index in [1.54, 1.807) is 6.92 Å². The predicted molar refractivity (Wildman–Crippen MR) is 72.8 cm³/mol. The molecule has 1 N–H and O–H groups in total. The zero-order valence-corrected chi connectivity index (χ0v) is 11.7. The van der Waals surface area contributed by atoms with E-state index in [1.165, 1.54) is 4.90 Å². The normalized spacial score (nSPS) is 16.3. The van der Waals surface area contributed by atoms with Gasteiger partial charge in [-0.3, -0.25) is 4.79 Å². The Balaban J connectivity index is 2.15. The van der Waals surface area contributed by atoms with Gasteiger partial charge < -0.3 is 14.4 Å². The molecular formula is C15H22NO3+. The second-order valence-corrected chi connectivity index (χ2v) is 4.89. The van der Waals surface area contributed by atoms with Crippen molar-refractivity contribution in [3.8, 4) is 5.75 Å². The molecule has 1 aromatic carbocycles. The predicted octanol–water partition coefficient (Wildman–Crippen LogP) is 0.703. The molecule has 0 saturated carbocycles. The number of Topliss-reactive ketones (excluding diaryl/α,β-unsaturated/α-hetero) is 1. The Kier molecular flexibility index (Phi) is 4.93. The minimum absolute atomic E-state index is 0.0831. The van der Waals surface area contributed by atoms with E-state index >= 15 is 0 Å². The van der Waals surface area contributed by atoms with Crippen LogP contribution in [0.15, 0.2) is 18.2 Å². The van der Waals surface area contributed by atoms with Crippen LogP contribution >= 0.6 is 0 Å². The number of hydrogen-bond acceptors (Lipinski definition) is 3. The van der Waals surface area contributed by atoms with Crippen molar-refractivity contribution >= 4 is 5.78 Å². The Morgan fingerprint density at radius 1 is 1.32 bits per heavy atom. The number of morpholine rings is 1. The fourth-order valence-electron chi connectivity index (χ4n) is 2.34. The van der Waals surface area contributed by atoms with Crippen molar-refractivity contribution in [3.63, 3.8) is 0 Å². The molecule has 0 atom stereocenters. The standard InChI is InChI=1S/C15H21NO3/c1-3-19-15-9-13(8-14(10-15)12(2)17)11-16-4-6-18-7-5-16/h8-10H,3-7,11H2,1-2H3/p+1. The third-order valence-electron chi connectivity index (χ3n) is 3.34. The molecule has 1 heterocycles. The summed E-state index contributed by atoms with van der Waals surface area (Å²) in [4.78, 5) is 13.1. The van der Waals surface area contributed by atoms with Gasteiger partial charge in [-0.05, 0) is 32.0 Å². The van der Waals surface area contributed by atoms with Gasteiger partial charge in [0.05, 0.1) is 19.8 Å². The second kappa shape index (κ2) is 6.68. The molecule has 1 aromatic rings. The lowest BCUT2D eigenvalue weighted by Crippen LogP contribution is -3.12. The third kappa shape index (κ3) is 4.04. The molecule has 1 fully saturated rings. The van der Waals surface area contributed by atoms with Gasteiger partial charge in [0, 0.05) is 11.1 Å². The van der Waals surface area contributed by atoms with Gasteiger partial charge in [0.1, 0.15) is 25.4 Å². The van der Waals surface area contributed by atoms with Gasteiger partial charge >= 0.3 is 0 Å². The van der Waals surface area contributed by atoms with Crippen molar-refractivity contribution in [1.82, 2.24) is 0 Å². The monoisotopic (exact) mass is 264 g/mol. The van der Waals surface area contributed by atoms with E-state index in [0.717, 1.165) is 49.7 Å². The summed E-state index contributed by atoms with van der Waals surface area (Å²) in [5.41, 5.74) is 1.89. The summed E-state index contributed by atoms with van der Waals surface area (Å²) >= 11 is 0. The number of nitrogens with one attached hydrogen (secondary N) is 1. The maximum Gasteiger partial charge on any atom is 0.159 e. The van der Waals surface area contributed by atoms with Gasteiger partial charge in [-0.1, -0.05) is 0 Å². The molecule has 0 unspecified atom stereocenters. The minimum atomic E-state index is 0.0831. The van der Waals surface area contributed by atoms with Crippen molar-refractivity contribution in [3.05, 3.63) is 29.3 Å². The molecule has 0 bridgehead atoms. The molecule has 4 nitrogen and oxygen atoms in total. The number of benzene rings is 1. The first kappa shape index (κ1) is 14.0. The zero-order valence-electron chi connectivity index (χ0n) is 11.7. The first-order chi connectivity index (χ1) is 9.19. The quantitative estimate of drug-likeness (QED) is 0.796. The lowest BCUT2D eigenvalue weighted by atomic mass is 10.1. The summed E-state index contributed by atoms with van der Waals surface area (Å²) in [6.45, 7) is 8.77. The first-order valence-electron chi connectivity index (χ1n) is 6.88. The smallest absolute Gasteiger partial charge is 0.159 e. The van der Waals surface area contributed by atoms with E-state index in [0.29, 0.717) is 6.61 Å². The number of ketones is 1. The first-order valence-corrected chi connectivity index (χ1v) is 6.88. The molecule has 0 aliphatic carbocycles. The Hall–Kier alpha value is -1.39. The Morgan fingerprint density at radius 2 is 2.05 bits per heavy atom. The van der Waals surface area contributed by atoms with Gasteiger partial charge in [-0.15, -0.1) is 0 Å². The maximum absolute atomic E-state index is 11.6. The number of carbonyl (C=O) groups is 1. The van der Waals surface area contributed by atoms with Crippen molar-refractivity contribution in [2.24, 2.45) is 0 Å². The van der Waals surface area contributed by atoms with Crippen LogP contribution < -0.4 is 9.64 Å². The summed E-state index contributed by atoms with van der Waals surface area (Å²) < 4.78 is 10.9. The summed E-state index contributed by atoms with van der Waals surface area (Å²) in [5, 5.41) is 0. The molecule has 2 rings (SSSR count). The highest BCUT2D eigenvalue weighted by Crippen LogP contribution is 2.17. The van der Waals surface area contributed by atoms with Crippen LogP contribution in [0.5, 0.6) is 5.75 Å². The second-order valence-electron chi connectivity index (χ2n) is 4.89. The Bertz CT molecular complexity index is 439. The van der Waals surface area contributed by atoms with E-state index < -0.39 is 0 Å². The number of hydrogen-bond donors (Lipinski definition) is 1. The highest BCUT2D eigenvalue weighted by atomic mass is 16.5. The average Bonchev–Trinajstić information content (AvgIpc) is 2.40. The maximum atomic E-state index is 11.6. The minimum Gasteiger partial charge on any atom is -0.494 e. The van der Waals surface area contributed by atoms with Gasteiger partial charge in [0.2, 0.25) is 0 Å². The van der Waals surface area contributed by atoms with Crippen molar-refractivity contribution in [2.75, 3.05) is 32.9 Å². The molecule has 0 aromatic heterocycles. The van der Waals surface area contributed by atoms with E-state index in [-0.39, 0.29) is 5.78 Å². The van der Waals surface area contributed by atoms with Crippen LogP contribution in [-0.2, 0) is 11.3 Å². The van der Waals surface area contributed by atoms with Crippen LogP contribution in [0, 0.1) is 0 Å². The van der Waals surface area contributed by atoms with Gasteiger partial charge in [0.25, 0.3) is 0 Å². The zero-order chi connectivity index (χ0) is 13.7. The van der Waals surface area contributed by atoms with Crippen LogP contribution in [0.2, 0.25) is 0 Å². The van der Waals surface area contributed by atoms with E-state index in [1.807, 2.05) is 25.1 Å². The fraction of sp³-hybridized carbons (Fsp3) is 0.533. The van der Waals surface area contributed by atoms with Crippen LogP contribution in [0.25, 0.3) is 0 Å². The fourth-order valence-corrected chi connectivity index (χ4v) is 2.34. The number of ether oxygens (including phenoxy) is 2. The van der Waals surface area contributed by atoms with Crippen LogP contribution in [-0.4, -0.2) is 38.7 Å². The number of quaternary nitrogens is 1. The van der Waals surface area contributed by atoms with Crippen LogP contribution in [0.1, 0.15) is 29.8 Å². The van der Waals surface area contributed by atoms with Crippen molar-refractivity contribution in [2.45, 2.75) is 20.4 Å². The molecule has 19 heavy (non-hydrogen) atoms. The topological polar surface area (TPSA) is 40.0 Å². The molecule has 0 radical (unpaired) electrons. The van der Waals surface area contributed by atoms with Gasteiger partial charge in [-0.2, -0.15) is 0 Å². The summed E-state index contributed by atoms with van der Waals surface area (Å²) in [5.74, 6) is 0.873. The third-order valence-corrected chi connectivity index (χ3v) is 3.34. The molecule has 0 spiro atoms. The summed E-state index contributed by atoms with van der Waals surface area (Å²) in [6.07, 6.45) is 0. The highest BCUT2D eigenvalue weighted by molar-refractivity contribution is 5.94. The summed E-state index contributed by atoms with van der Waals surface area (Å²) in [7, 11) is 0. The van der Waals surface area contributed by atoms with E-state index in [9.17, 15) is 4.79 Å². The van der Waals surface area contributed by atoms with Gasteiger partial charge in [0.15, 0.2) is 5.78 Å². The van der Waals surface area contributed by atoms with E-state index in [2.05, 4.69) is 0 Å². The molecular weight excluding hydrogens is 242 g/mol.